The fourth-order valence-corrected chi connectivity index (χ4v) is 4.33. The lowest BCUT2D eigenvalue weighted by Crippen LogP contribution is -2.51. The molecule has 0 amide bonds. The van der Waals surface area contributed by atoms with E-state index in [-0.39, 0.29) is 11.4 Å². The summed E-state index contributed by atoms with van der Waals surface area (Å²) in [5.74, 6) is -0.821. The highest BCUT2D eigenvalue weighted by molar-refractivity contribution is 7.89. The van der Waals surface area contributed by atoms with Crippen LogP contribution in [-0.4, -0.2) is 49.6 Å². The normalized spacial score (nSPS) is 14.2. The van der Waals surface area contributed by atoms with Crippen LogP contribution < -0.4 is 0 Å². The van der Waals surface area contributed by atoms with Gasteiger partial charge in [0.05, 0.1) is 18.1 Å². The van der Waals surface area contributed by atoms with Crippen LogP contribution in [-0.2, 0) is 19.6 Å². The standard InChI is InChI=1S/C21H25NO5S/c1-16-11-13-19(14-12-16)28(25,26)22(20(17(2)23)21(24)27-3)15-7-10-18-8-5-4-6-9-18/h4-14,17,20,23H,15H2,1-3H3/b10-7+. The molecule has 1 N–H and O–H groups in total. The predicted molar refractivity (Wildman–Crippen MR) is 108 cm³/mol. The second-order valence-electron chi connectivity index (χ2n) is 6.41. The first-order chi connectivity index (χ1) is 13.3. The Morgan fingerprint density at radius 2 is 1.75 bits per heavy atom. The summed E-state index contributed by atoms with van der Waals surface area (Å²) >= 11 is 0. The third-order valence-electron chi connectivity index (χ3n) is 4.23. The van der Waals surface area contributed by atoms with Gasteiger partial charge in [-0.1, -0.05) is 60.2 Å². The Hall–Kier alpha value is -2.48. The lowest BCUT2D eigenvalue weighted by atomic mass is 10.2. The van der Waals surface area contributed by atoms with E-state index in [4.69, 9.17) is 4.74 Å². The first-order valence-electron chi connectivity index (χ1n) is 8.83. The molecule has 0 aromatic heterocycles. The maximum atomic E-state index is 13.2. The van der Waals surface area contributed by atoms with E-state index in [2.05, 4.69) is 0 Å². The molecule has 0 saturated heterocycles. The van der Waals surface area contributed by atoms with Crippen molar-refractivity contribution in [2.24, 2.45) is 0 Å². The topological polar surface area (TPSA) is 83.9 Å². The van der Waals surface area contributed by atoms with E-state index >= 15 is 0 Å². The minimum absolute atomic E-state index is 0.0424. The third kappa shape index (κ3) is 5.28. The Balaban J connectivity index is 2.43. The summed E-state index contributed by atoms with van der Waals surface area (Å²) in [6.45, 7) is 3.11. The molecule has 28 heavy (non-hydrogen) atoms. The first kappa shape index (κ1) is 21.8. The van der Waals surface area contributed by atoms with Gasteiger partial charge in [0.25, 0.3) is 0 Å². The minimum Gasteiger partial charge on any atom is -0.468 e. The number of aryl methyl sites for hydroxylation is 1. The van der Waals surface area contributed by atoms with Gasteiger partial charge in [-0.25, -0.2) is 8.42 Å². The third-order valence-corrected chi connectivity index (χ3v) is 6.09. The van der Waals surface area contributed by atoms with Gasteiger partial charge in [0.2, 0.25) is 10.0 Å². The van der Waals surface area contributed by atoms with Crippen molar-refractivity contribution in [2.45, 2.75) is 30.9 Å². The Labute approximate surface area is 166 Å². The molecule has 0 bridgehead atoms. The molecule has 0 spiro atoms. The molecule has 0 aliphatic heterocycles. The number of aliphatic hydroxyl groups is 1. The summed E-state index contributed by atoms with van der Waals surface area (Å²) in [6.07, 6.45) is 2.14. The van der Waals surface area contributed by atoms with Gasteiger partial charge in [0.1, 0.15) is 6.04 Å². The van der Waals surface area contributed by atoms with E-state index in [1.807, 2.05) is 37.3 Å². The van der Waals surface area contributed by atoms with E-state index in [0.717, 1.165) is 22.5 Å². The van der Waals surface area contributed by atoms with Gasteiger partial charge in [-0.2, -0.15) is 4.31 Å². The Kier molecular flexibility index (Phi) is 7.51. The van der Waals surface area contributed by atoms with Crippen molar-refractivity contribution in [3.05, 3.63) is 71.8 Å². The van der Waals surface area contributed by atoms with Crippen LogP contribution in [0, 0.1) is 6.92 Å². The maximum absolute atomic E-state index is 13.2. The highest BCUT2D eigenvalue weighted by atomic mass is 32.2. The SMILES string of the molecule is COC(=O)C(C(C)O)N(C/C=C/c1ccccc1)S(=O)(=O)c1ccc(C)cc1. The summed E-state index contributed by atoms with van der Waals surface area (Å²) in [6, 6.07) is 14.3. The molecule has 0 radical (unpaired) electrons. The molecule has 2 aromatic rings. The van der Waals surface area contributed by atoms with E-state index in [1.54, 1.807) is 24.3 Å². The average molecular weight is 404 g/mol. The molecule has 2 aromatic carbocycles. The number of esters is 1. The summed E-state index contributed by atoms with van der Waals surface area (Å²) in [4.78, 5) is 12.3. The van der Waals surface area contributed by atoms with Crippen molar-refractivity contribution in [3.63, 3.8) is 0 Å². The van der Waals surface area contributed by atoms with Crippen LogP contribution in [0.2, 0.25) is 0 Å². The van der Waals surface area contributed by atoms with Crippen molar-refractivity contribution in [1.29, 1.82) is 0 Å². The summed E-state index contributed by atoms with van der Waals surface area (Å²) in [5.41, 5.74) is 1.80. The number of benzene rings is 2. The molecule has 2 atom stereocenters. The second-order valence-corrected chi connectivity index (χ2v) is 8.30. The van der Waals surface area contributed by atoms with Gasteiger partial charge < -0.3 is 9.84 Å². The van der Waals surface area contributed by atoms with Gasteiger partial charge in [0, 0.05) is 6.54 Å². The Morgan fingerprint density at radius 3 is 2.29 bits per heavy atom. The van der Waals surface area contributed by atoms with Crippen LogP contribution >= 0.6 is 0 Å². The number of carbonyl (C=O) groups is 1. The zero-order valence-electron chi connectivity index (χ0n) is 16.1. The molecule has 0 saturated carbocycles. The zero-order chi connectivity index (χ0) is 20.7. The van der Waals surface area contributed by atoms with Crippen molar-refractivity contribution in [1.82, 2.24) is 4.31 Å². The van der Waals surface area contributed by atoms with Crippen molar-refractivity contribution >= 4 is 22.1 Å². The molecule has 2 unspecified atom stereocenters. The Bertz CT molecular complexity index is 906. The van der Waals surface area contributed by atoms with Gasteiger partial charge >= 0.3 is 5.97 Å². The highest BCUT2D eigenvalue weighted by Gasteiger charge is 2.39. The monoisotopic (exact) mass is 403 g/mol. The number of ether oxygens (including phenoxy) is 1. The highest BCUT2D eigenvalue weighted by Crippen LogP contribution is 2.21. The van der Waals surface area contributed by atoms with Gasteiger partial charge in [-0.3, -0.25) is 4.79 Å². The van der Waals surface area contributed by atoms with E-state index in [1.165, 1.54) is 19.1 Å². The van der Waals surface area contributed by atoms with Gasteiger partial charge in [-0.05, 0) is 31.5 Å². The molecule has 6 nitrogen and oxygen atoms in total. The summed E-state index contributed by atoms with van der Waals surface area (Å²) in [5, 5.41) is 10.1. The molecule has 0 aliphatic rings. The number of hydrogen-bond acceptors (Lipinski definition) is 5. The Morgan fingerprint density at radius 1 is 1.14 bits per heavy atom. The first-order valence-corrected chi connectivity index (χ1v) is 10.3. The lowest BCUT2D eigenvalue weighted by molar-refractivity contribution is -0.148. The quantitative estimate of drug-likeness (QED) is 0.685. The molecule has 7 heteroatoms. The average Bonchev–Trinajstić information content (AvgIpc) is 2.67. The number of rotatable bonds is 8. The number of aliphatic hydroxyl groups excluding tert-OH is 1. The molecule has 0 fully saturated rings. The van der Waals surface area contributed by atoms with Crippen LogP contribution in [0.3, 0.4) is 0 Å². The lowest BCUT2D eigenvalue weighted by Gasteiger charge is -2.30. The maximum Gasteiger partial charge on any atom is 0.326 e. The number of sulfonamides is 1. The number of nitrogens with zero attached hydrogens (tertiary/aromatic N) is 1. The molecule has 150 valence electrons. The zero-order valence-corrected chi connectivity index (χ0v) is 17.0. The smallest absolute Gasteiger partial charge is 0.326 e. The summed E-state index contributed by atoms with van der Waals surface area (Å²) in [7, 11) is -2.89. The molecule has 0 aliphatic carbocycles. The van der Waals surface area contributed by atoms with E-state index in [9.17, 15) is 18.3 Å². The largest absolute Gasteiger partial charge is 0.468 e. The number of hydrogen-bond donors (Lipinski definition) is 1. The van der Waals surface area contributed by atoms with Crippen molar-refractivity contribution in [2.75, 3.05) is 13.7 Å². The number of methoxy groups -OCH3 is 1. The predicted octanol–water partition coefficient (Wildman–Crippen LogP) is 2.62. The van der Waals surface area contributed by atoms with Crippen molar-refractivity contribution in [3.8, 4) is 0 Å². The van der Waals surface area contributed by atoms with Crippen LogP contribution in [0.15, 0.2) is 65.6 Å². The number of carbonyl (C=O) groups excluding carboxylic acids is 1. The van der Waals surface area contributed by atoms with Crippen LogP contribution in [0.4, 0.5) is 0 Å². The van der Waals surface area contributed by atoms with E-state index in [0.29, 0.717) is 0 Å². The van der Waals surface area contributed by atoms with Crippen LogP contribution in [0.5, 0.6) is 0 Å². The molecule has 0 heterocycles. The van der Waals surface area contributed by atoms with Crippen LogP contribution in [0.1, 0.15) is 18.1 Å². The van der Waals surface area contributed by atoms with E-state index < -0.39 is 28.1 Å². The van der Waals surface area contributed by atoms with Gasteiger partial charge in [0.15, 0.2) is 0 Å². The van der Waals surface area contributed by atoms with Gasteiger partial charge in [-0.15, -0.1) is 0 Å². The van der Waals surface area contributed by atoms with Crippen molar-refractivity contribution < 1.29 is 23.1 Å². The summed E-state index contributed by atoms with van der Waals surface area (Å²) < 4.78 is 32.2. The van der Waals surface area contributed by atoms with Crippen LogP contribution in [0.25, 0.3) is 6.08 Å². The molecular weight excluding hydrogens is 378 g/mol. The minimum atomic E-state index is -4.05. The fourth-order valence-electron chi connectivity index (χ4n) is 2.74. The second kappa shape index (κ2) is 9.64. The molecular formula is C21H25NO5S. The fraction of sp³-hybridized carbons (Fsp3) is 0.286. The molecule has 2 rings (SSSR count).